The smallest absolute Gasteiger partial charge is 0.306 e. The molecule has 8 atom stereocenters. The van der Waals surface area contributed by atoms with Crippen molar-refractivity contribution in [3.8, 4) is 0 Å². The van der Waals surface area contributed by atoms with Crippen molar-refractivity contribution < 1.29 is 49.3 Å². The predicted molar refractivity (Wildman–Crippen MR) is 320 cm³/mol. The molecule has 1 aliphatic heterocycles. The average Bonchev–Trinajstić information content (AvgIpc) is 3.44. The molecule has 0 bridgehead atoms. The van der Waals surface area contributed by atoms with Gasteiger partial charge in [-0.1, -0.05) is 289 Å². The SMILES string of the molecule is CCCCCCCC/C=C\CCCCCC(=O)OC1C(OCC(NC(=O)C(O)CCCCCCCCCCCCCCCCCCCCCCCCCC)C(O)/C=C/CCCCCCCCCCC)OC(CO)C(O)C1O. The van der Waals surface area contributed by atoms with Gasteiger partial charge in [-0.25, -0.2) is 0 Å². The minimum absolute atomic E-state index is 0.107. The van der Waals surface area contributed by atoms with Crippen molar-refractivity contribution in [3.63, 3.8) is 0 Å². The summed E-state index contributed by atoms with van der Waals surface area (Å²) in [5, 5.41) is 57.0. The van der Waals surface area contributed by atoms with Gasteiger partial charge in [-0.2, -0.15) is 0 Å². The number of esters is 1. The Labute approximate surface area is 473 Å². The molecule has 0 aromatic carbocycles. The van der Waals surface area contributed by atoms with E-state index in [1.54, 1.807) is 6.08 Å². The van der Waals surface area contributed by atoms with Crippen LogP contribution in [0.5, 0.6) is 0 Å². The van der Waals surface area contributed by atoms with Gasteiger partial charge < -0.3 is 45.1 Å². The lowest BCUT2D eigenvalue weighted by atomic mass is 9.99. The van der Waals surface area contributed by atoms with Crippen LogP contribution in [0.1, 0.15) is 323 Å². The van der Waals surface area contributed by atoms with Gasteiger partial charge in [-0.15, -0.1) is 0 Å². The highest BCUT2D eigenvalue weighted by atomic mass is 16.7. The number of aliphatic hydroxyl groups is 5. The third kappa shape index (κ3) is 42.6. The van der Waals surface area contributed by atoms with Gasteiger partial charge in [0.05, 0.1) is 25.4 Å². The highest BCUT2D eigenvalue weighted by molar-refractivity contribution is 5.80. The number of carbonyl (C=O) groups is 2. The standard InChI is InChI=1S/C66H125NO10/c1-4-7-10-13-16-19-22-24-25-26-27-28-29-30-31-32-33-34-36-38-41-44-47-50-53-59(70)65(74)67-57(58(69)52-49-46-43-40-37-21-18-15-12-9-6-3)56-75-66-64(63(73)62(72)60(55-68)76-66)77-61(71)54-51-48-45-42-39-35-23-20-17-14-11-8-5-2/h35,39,49,52,57-60,62-64,66,68-70,72-73H,4-34,36-38,40-48,50-51,53-56H2,1-3H3,(H,67,74)/b39-35-,52-49+. The lowest BCUT2D eigenvalue weighted by molar-refractivity contribution is -0.305. The molecule has 0 aromatic rings. The molecule has 1 heterocycles. The topological polar surface area (TPSA) is 175 Å². The number of hydrogen-bond donors (Lipinski definition) is 6. The molecule has 77 heavy (non-hydrogen) atoms. The molecule has 0 aliphatic carbocycles. The average molecular weight is 1090 g/mol. The maximum absolute atomic E-state index is 13.4. The minimum atomic E-state index is -1.61. The number of allylic oxidation sites excluding steroid dienone is 3. The zero-order valence-corrected chi connectivity index (χ0v) is 50.4. The zero-order valence-electron chi connectivity index (χ0n) is 50.4. The zero-order chi connectivity index (χ0) is 56.1. The maximum Gasteiger partial charge on any atom is 0.306 e. The van der Waals surface area contributed by atoms with Crippen LogP contribution in [0.25, 0.3) is 0 Å². The minimum Gasteiger partial charge on any atom is -0.454 e. The number of rotatable bonds is 57. The Morgan fingerprint density at radius 3 is 1.26 bits per heavy atom. The molecule has 8 unspecified atom stereocenters. The van der Waals surface area contributed by atoms with E-state index in [-0.39, 0.29) is 13.0 Å². The molecule has 11 nitrogen and oxygen atoms in total. The molecule has 1 aliphatic rings. The molecule has 1 saturated heterocycles. The van der Waals surface area contributed by atoms with Crippen LogP contribution >= 0.6 is 0 Å². The third-order valence-corrected chi connectivity index (χ3v) is 15.9. The quantitative estimate of drug-likeness (QED) is 0.0195. The van der Waals surface area contributed by atoms with Gasteiger partial charge in [-0.3, -0.25) is 9.59 Å². The predicted octanol–water partition coefficient (Wildman–Crippen LogP) is 16.1. The van der Waals surface area contributed by atoms with E-state index in [0.717, 1.165) is 64.2 Å². The Kier molecular flexibility index (Phi) is 52.0. The molecule has 1 amide bonds. The number of hydrogen-bond acceptors (Lipinski definition) is 10. The number of unbranched alkanes of at least 4 members (excludes halogenated alkanes) is 41. The van der Waals surface area contributed by atoms with E-state index in [1.807, 2.05) is 6.08 Å². The van der Waals surface area contributed by atoms with Gasteiger partial charge in [-0.05, 0) is 51.4 Å². The van der Waals surface area contributed by atoms with Crippen LogP contribution in [0, 0.1) is 0 Å². The highest BCUT2D eigenvalue weighted by Gasteiger charge is 2.47. The molecule has 11 heteroatoms. The first-order chi connectivity index (χ1) is 37.7. The van der Waals surface area contributed by atoms with Crippen molar-refractivity contribution in [2.75, 3.05) is 13.2 Å². The molecule has 0 radical (unpaired) electrons. The van der Waals surface area contributed by atoms with E-state index in [0.29, 0.717) is 19.3 Å². The number of carbonyl (C=O) groups excluding carboxylic acids is 2. The Morgan fingerprint density at radius 2 is 0.857 bits per heavy atom. The summed E-state index contributed by atoms with van der Waals surface area (Å²) in [7, 11) is 0. The first-order valence-corrected chi connectivity index (χ1v) is 33.1. The summed E-state index contributed by atoms with van der Waals surface area (Å²) in [5.41, 5.74) is 0. The second-order valence-corrected chi connectivity index (χ2v) is 23.2. The Balaban J connectivity index is 2.57. The van der Waals surface area contributed by atoms with Crippen molar-refractivity contribution in [1.82, 2.24) is 5.32 Å². The van der Waals surface area contributed by atoms with Crippen molar-refractivity contribution in [2.24, 2.45) is 0 Å². The van der Waals surface area contributed by atoms with E-state index < -0.39 is 67.4 Å². The number of aliphatic hydroxyl groups excluding tert-OH is 5. The summed E-state index contributed by atoms with van der Waals surface area (Å²) >= 11 is 0. The number of ether oxygens (including phenoxy) is 3. The highest BCUT2D eigenvalue weighted by Crippen LogP contribution is 2.26. The van der Waals surface area contributed by atoms with Crippen LogP contribution in [-0.2, 0) is 23.8 Å². The van der Waals surface area contributed by atoms with Crippen molar-refractivity contribution in [1.29, 1.82) is 0 Å². The molecule has 1 fully saturated rings. The van der Waals surface area contributed by atoms with E-state index >= 15 is 0 Å². The summed E-state index contributed by atoms with van der Waals surface area (Å²) < 4.78 is 17.6. The van der Waals surface area contributed by atoms with Crippen LogP contribution in [0.15, 0.2) is 24.3 Å². The van der Waals surface area contributed by atoms with Gasteiger partial charge in [0.1, 0.15) is 24.4 Å². The van der Waals surface area contributed by atoms with E-state index in [9.17, 15) is 35.1 Å². The van der Waals surface area contributed by atoms with Gasteiger partial charge in [0.25, 0.3) is 0 Å². The molecule has 1 rings (SSSR count). The molecular formula is C66H125NO10. The first-order valence-electron chi connectivity index (χ1n) is 33.1. The third-order valence-electron chi connectivity index (χ3n) is 15.9. The second kappa shape index (κ2) is 54.7. The van der Waals surface area contributed by atoms with Gasteiger partial charge >= 0.3 is 5.97 Å². The molecular weight excluding hydrogens is 967 g/mol. The molecule has 454 valence electrons. The number of amides is 1. The van der Waals surface area contributed by atoms with Crippen LogP contribution in [0.4, 0.5) is 0 Å². The monoisotopic (exact) mass is 1090 g/mol. The fourth-order valence-electron chi connectivity index (χ4n) is 10.6. The van der Waals surface area contributed by atoms with Crippen LogP contribution in [0.2, 0.25) is 0 Å². The van der Waals surface area contributed by atoms with Crippen molar-refractivity contribution >= 4 is 11.9 Å². The fraction of sp³-hybridized carbons (Fsp3) is 0.909. The summed E-state index contributed by atoms with van der Waals surface area (Å²) in [6.45, 7) is 5.80. The van der Waals surface area contributed by atoms with Gasteiger partial charge in [0.2, 0.25) is 5.91 Å². The molecule has 0 saturated carbocycles. The Hall–Kier alpha value is -1.86. The molecule has 0 spiro atoms. The fourth-order valence-corrected chi connectivity index (χ4v) is 10.6. The number of nitrogens with one attached hydrogen (secondary N) is 1. The van der Waals surface area contributed by atoms with E-state index in [4.69, 9.17) is 14.2 Å². The van der Waals surface area contributed by atoms with E-state index in [2.05, 4.69) is 38.2 Å². The Morgan fingerprint density at radius 1 is 0.494 bits per heavy atom. The maximum atomic E-state index is 13.4. The summed E-state index contributed by atoms with van der Waals surface area (Å²) in [6, 6.07) is -1.02. The van der Waals surface area contributed by atoms with Crippen LogP contribution < -0.4 is 5.32 Å². The molecule has 0 aromatic heterocycles. The largest absolute Gasteiger partial charge is 0.454 e. The summed E-state index contributed by atoms with van der Waals surface area (Å²) in [4.78, 5) is 26.5. The van der Waals surface area contributed by atoms with Crippen LogP contribution in [-0.4, -0.2) is 99.6 Å². The van der Waals surface area contributed by atoms with Crippen LogP contribution in [0.3, 0.4) is 0 Å². The second-order valence-electron chi connectivity index (χ2n) is 23.2. The lowest BCUT2D eigenvalue weighted by Crippen LogP contribution is -2.61. The van der Waals surface area contributed by atoms with Crippen molar-refractivity contribution in [3.05, 3.63) is 24.3 Å². The van der Waals surface area contributed by atoms with Crippen molar-refractivity contribution in [2.45, 2.75) is 372 Å². The Bertz CT molecular complexity index is 1350. The lowest BCUT2D eigenvalue weighted by Gasteiger charge is -2.41. The summed E-state index contributed by atoms with van der Waals surface area (Å²) in [6.07, 6.45) is 53.8. The summed E-state index contributed by atoms with van der Waals surface area (Å²) in [5.74, 6) is -1.20. The van der Waals surface area contributed by atoms with E-state index in [1.165, 1.54) is 212 Å². The normalized spacial score (nSPS) is 19.1. The molecule has 6 N–H and O–H groups in total. The van der Waals surface area contributed by atoms with Gasteiger partial charge in [0.15, 0.2) is 12.4 Å². The first kappa shape index (κ1) is 73.2. The van der Waals surface area contributed by atoms with Gasteiger partial charge in [0, 0.05) is 6.42 Å².